The van der Waals surface area contributed by atoms with Crippen molar-refractivity contribution in [3.63, 3.8) is 0 Å². The van der Waals surface area contributed by atoms with Crippen LogP contribution in [0.5, 0.6) is 0 Å². The number of hydrogen-bond acceptors (Lipinski definition) is 3. The Morgan fingerprint density at radius 3 is 2.67 bits per heavy atom. The van der Waals surface area contributed by atoms with E-state index < -0.39 is 17.4 Å². The zero-order valence-electron chi connectivity index (χ0n) is 14.9. The van der Waals surface area contributed by atoms with Gasteiger partial charge in [-0.1, -0.05) is 25.5 Å². The van der Waals surface area contributed by atoms with E-state index in [4.69, 9.17) is 11.6 Å². The molecule has 2 rings (SSSR count). The SMILES string of the molecule is C=C(C)CCC[C@]1(C)[C@@H](Cl)C[C@H](O)[C@]2(C)[C@@H](C=O)C(C=O)=CC[C@@H]12. The van der Waals surface area contributed by atoms with Crippen molar-refractivity contribution in [2.45, 2.75) is 64.4 Å². The summed E-state index contributed by atoms with van der Waals surface area (Å²) in [5.41, 5.74) is 0.828. The molecule has 2 aliphatic rings. The number of fused-ring (bicyclic) bond motifs is 1. The van der Waals surface area contributed by atoms with Crippen LogP contribution in [0.1, 0.15) is 52.9 Å². The molecule has 3 nitrogen and oxygen atoms in total. The molecule has 1 N–H and O–H groups in total. The van der Waals surface area contributed by atoms with Crippen molar-refractivity contribution in [1.29, 1.82) is 0 Å². The molecular weight excluding hydrogens is 324 g/mol. The standard InChI is InChI=1S/C20H29ClO3/c1-13(2)6-5-9-19(3)16-8-7-14(11-22)15(12-23)20(16,4)18(24)10-17(19)21/h7,11-12,15-18,24H,1,5-6,8-10H2,2-4H3/t15-,16-,17-,18-,19-,20+/m0/s1. The Morgan fingerprint density at radius 2 is 2.12 bits per heavy atom. The van der Waals surface area contributed by atoms with Gasteiger partial charge in [-0.05, 0) is 55.9 Å². The number of halogens is 1. The van der Waals surface area contributed by atoms with Gasteiger partial charge in [0.2, 0.25) is 0 Å². The zero-order chi connectivity index (χ0) is 18.1. The summed E-state index contributed by atoms with van der Waals surface area (Å²) < 4.78 is 0. The highest BCUT2D eigenvalue weighted by Gasteiger charge is 2.61. The summed E-state index contributed by atoms with van der Waals surface area (Å²) in [4.78, 5) is 23.2. The van der Waals surface area contributed by atoms with Crippen molar-refractivity contribution in [1.82, 2.24) is 0 Å². The minimum Gasteiger partial charge on any atom is -0.392 e. The molecule has 4 heteroatoms. The molecule has 1 saturated carbocycles. The van der Waals surface area contributed by atoms with Crippen molar-refractivity contribution < 1.29 is 14.7 Å². The summed E-state index contributed by atoms with van der Waals surface area (Å²) in [6.45, 7) is 10.1. The Balaban J connectivity index is 2.41. The number of alkyl halides is 1. The number of aldehydes is 2. The lowest BCUT2D eigenvalue weighted by atomic mass is 9.46. The summed E-state index contributed by atoms with van der Waals surface area (Å²) in [6.07, 6.45) is 6.79. The van der Waals surface area contributed by atoms with Crippen LogP contribution in [0.2, 0.25) is 0 Å². The first-order valence-electron chi connectivity index (χ1n) is 8.78. The topological polar surface area (TPSA) is 54.4 Å². The summed E-state index contributed by atoms with van der Waals surface area (Å²) in [7, 11) is 0. The number of allylic oxidation sites excluding steroid dienone is 3. The lowest BCUT2D eigenvalue weighted by Gasteiger charge is -2.60. The molecule has 0 aliphatic heterocycles. The van der Waals surface area contributed by atoms with Crippen LogP contribution in [-0.2, 0) is 9.59 Å². The molecule has 0 radical (unpaired) electrons. The van der Waals surface area contributed by atoms with Crippen LogP contribution < -0.4 is 0 Å². The smallest absolute Gasteiger partial charge is 0.146 e. The van der Waals surface area contributed by atoms with Crippen LogP contribution in [-0.4, -0.2) is 29.2 Å². The minimum atomic E-state index is -0.682. The zero-order valence-corrected chi connectivity index (χ0v) is 15.7. The molecule has 6 atom stereocenters. The number of hydrogen-bond donors (Lipinski definition) is 1. The molecular formula is C20H29ClO3. The number of aliphatic hydroxyl groups excluding tert-OH is 1. The molecule has 0 aromatic carbocycles. The van der Waals surface area contributed by atoms with Gasteiger partial charge >= 0.3 is 0 Å². The van der Waals surface area contributed by atoms with E-state index in [9.17, 15) is 14.7 Å². The Hall–Kier alpha value is -0.930. The van der Waals surface area contributed by atoms with Gasteiger partial charge in [-0.15, -0.1) is 18.2 Å². The van der Waals surface area contributed by atoms with Gasteiger partial charge in [-0.25, -0.2) is 0 Å². The third kappa shape index (κ3) is 3.01. The van der Waals surface area contributed by atoms with Crippen LogP contribution in [0, 0.1) is 22.7 Å². The molecule has 0 bridgehead atoms. The van der Waals surface area contributed by atoms with Crippen molar-refractivity contribution in [2.75, 3.05) is 0 Å². The fourth-order valence-electron chi connectivity index (χ4n) is 5.02. The molecule has 24 heavy (non-hydrogen) atoms. The monoisotopic (exact) mass is 352 g/mol. The molecule has 2 aliphatic carbocycles. The predicted molar refractivity (Wildman–Crippen MR) is 97.0 cm³/mol. The maximum Gasteiger partial charge on any atom is 0.146 e. The first kappa shape index (κ1) is 19.4. The van der Waals surface area contributed by atoms with E-state index in [1.54, 1.807) is 0 Å². The van der Waals surface area contributed by atoms with E-state index >= 15 is 0 Å². The number of rotatable bonds is 6. The predicted octanol–water partition coefficient (Wildman–Crippen LogP) is 4.08. The normalized spacial score (nSPS) is 42.0. The van der Waals surface area contributed by atoms with E-state index in [0.717, 1.165) is 37.4 Å². The number of aliphatic hydroxyl groups is 1. The van der Waals surface area contributed by atoms with E-state index in [0.29, 0.717) is 18.4 Å². The van der Waals surface area contributed by atoms with Crippen LogP contribution in [0.4, 0.5) is 0 Å². The summed E-state index contributed by atoms with van der Waals surface area (Å²) in [5.74, 6) is -0.492. The van der Waals surface area contributed by atoms with Gasteiger partial charge in [0.05, 0.1) is 12.0 Å². The van der Waals surface area contributed by atoms with E-state index in [1.807, 2.05) is 19.9 Å². The first-order valence-corrected chi connectivity index (χ1v) is 9.22. The minimum absolute atomic E-state index is 0.0697. The van der Waals surface area contributed by atoms with Gasteiger partial charge < -0.3 is 9.90 Å². The van der Waals surface area contributed by atoms with E-state index in [-0.39, 0.29) is 16.7 Å². The number of carbonyl (C=O) groups is 2. The van der Waals surface area contributed by atoms with E-state index in [1.165, 1.54) is 0 Å². The molecule has 134 valence electrons. The lowest BCUT2D eigenvalue weighted by Crippen LogP contribution is -2.60. The third-order valence-electron chi connectivity index (χ3n) is 6.62. The van der Waals surface area contributed by atoms with E-state index in [2.05, 4.69) is 13.5 Å². The molecule has 0 saturated heterocycles. The lowest BCUT2D eigenvalue weighted by molar-refractivity contribution is -0.146. The fraction of sp³-hybridized carbons (Fsp3) is 0.700. The summed E-state index contributed by atoms with van der Waals surface area (Å²) in [6, 6.07) is 0. The second-order valence-corrected chi connectivity index (χ2v) is 8.65. The van der Waals surface area contributed by atoms with Gasteiger partial charge in [-0.2, -0.15) is 0 Å². The number of carbonyl (C=O) groups excluding carboxylic acids is 2. The van der Waals surface area contributed by atoms with Crippen LogP contribution in [0.25, 0.3) is 0 Å². The molecule has 0 unspecified atom stereocenters. The second kappa shape index (κ2) is 7.13. The van der Waals surface area contributed by atoms with Gasteiger partial charge in [0, 0.05) is 10.8 Å². The maximum atomic E-state index is 11.8. The van der Waals surface area contributed by atoms with Gasteiger partial charge in [-0.3, -0.25) is 4.79 Å². The quantitative estimate of drug-likeness (QED) is 0.445. The van der Waals surface area contributed by atoms with Gasteiger partial charge in [0.15, 0.2) is 0 Å². The Morgan fingerprint density at radius 1 is 1.46 bits per heavy atom. The highest BCUT2D eigenvalue weighted by Crippen LogP contribution is 2.61. The highest BCUT2D eigenvalue weighted by atomic mass is 35.5. The molecule has 0 heterocycles. The molecule has 0 aromatic rings. The Kier molecular flexibility index (Phi) is 5.76. The average Bonchev–Trinajstić information content (AvgIpc) is 2.52. The summed E-state index contributed by atoms with van der Waals surface area (Å²) in [5, 5.41) is 10.6. The molecule has 0 aromatic heterocycles. The second-order valence-electron chi connectivity index (χ2n) is 8.13. The van der Waals surface area contributed by atoms with Crippen LogP contribution >= 0.6 is 11.6 Å². The van der Waals surface area contributed by atoms with Crippen LogP contribution in [0.15, 0.2) is 23.8 Å². The highest BCUT2D eigenvalue weighted by molar-refractivity contribution is 6.21. The van der Waals surface area contributed by atoms with Crippen molar-refractivity contribution >= 4 is 24.2 Å². The molecule has 0 spiro atoms. The Labute approximate surface area is 150 Å². The fourth-order valence-corrected chi connectivity index (χ4v) is 5.45. The van der Waals surface area contributed by atoms with Gasteiger partial charge in [0.25, 0.3) is 0 Å². The third-order valence-corrected chi connectivity index (χ3v) is 7.30. The van der Waals surface area contributed by atoms with Crippen LogP contribution in [0.3, 0.4) is 0 Å². The molecule has 0 amide bonds. The molecule has 1 fully saturated rings. The van der Waals surface area contributed by atoms with Crippen molar-refractivity contribution in [2.24, 2.45) is 22.7 Å². The van der Waals surface area contributed by atoms with Gasteiger partial charge in [0.1, 0.15) is 12.6 Å². The van der Waals surface area contributed by atoms with Crippen molar-refractivity contribution in [3.8, 4) is 0 Å². The average molecular weight is 353 g/mol. The maximum absolute atomic E-state index is 11.8. The Bertz CT molecular complexity index is 555. The largest absolute Gasteiger partial charge is 0.392 e. The first-order chi connectivity index (χ1) is 11.2. The summed E-state index contributed by atoms with van der Waals surface area (Å²) >= 11 is 6.72. The van der Waals surface area contributed by atoms with Crippen molar-refractivity contribution in [3.05, 3.63) is 23.8 Å².